The molecule has 126 valence electrons. The lowest BCUT2D eigenvalue weighted by molar-refractivity contribution is -0.144. The van der Waals surface area contributed by atoms with Crippen molar-refractivity contribution in [2.24, 2.45) is 0 Å². The summed E-state index contributed by atoms with van der Waals surface area (Å²) in [5, 5.41) is 2.64. The first-order valence-corrected chi connectivity index (χ1v) is 7.39. The highest BCUT2D eigenvalue weighted by atomic mass is 16.5. The van der Waals surface area contributed by atoms with E-state index in [9.17, 15) is 9.59 Å². The summed E-state index contributed by atoms with van der Waals surface area (Å²) in [6.45, 7) is 0.0219. The van der Waals surface area contributed by atoms with Gasteiger partial charge < -0.3 is 20.5 Å². The van der Waals surface area contributed by atoms with Gasteiger partial charge in [-0.25, -0.2) is 4.79 Å². The van der Waals surface area contributed by atoms with Crippen LogP contribution < -0.4 is 11.1 Å². The molecule has 6 nitrogen and oxygen atoms in total. The second kappa shape index (κ2) is 8.12. The second-order valence-electron chi connectivity index (χ2n) is 5.18. The molecule has 0 radical (unpaired) electrons. The fourth-order valence-electron chi connectivity index (χ4n) is 2.33. The van der Waals surface area contributed by atoms with Gasteiger partial charge in [0.2, 0.25) is 0 Å². The van der Waals surface area contributed by atoms with Crippen LogP contribution in [0.4, 0.5) is 5.69 Å². The lowest BCUT2D eigenvalue weighted by Gasteiger charge is -2.17. The first-order chi connectivity index (χ1) is 11.6. The number of nitrogens with one attached hydrogen (secondary N) is 1. The number of carbonyl (C=O) groups excluding carboxylic acids is 2. The van der Waals surface area contributed by atoms with E-state index in [4.69, 9.17) is 10.5 Å². The third-order valence-corrected chi connectivity index (χ3v) is 3.50. The van der Waals surface area contributed by atoms with Crippen molar-refractivity contribution in [1.29, 1.82) is 0 Å². The summed E-state index contributed by atoms with van der Waals surface area (Å²) >= 11 is 0. The summed E-state index contributed by atoms with van der Waals surface area (Å²) in [4.78, 5) is 24.4. The van der Waals surface area contributed by atoms with E-state index in [0.29, 0.717) is 16.8 Å². The SMILES string of the molecule is COC[C@@H](NC(=O)c1ccc(N)cc1-c1ccccc1)C(=O)OC. The van der Waals surface area contributed by atoms with E-state index in [1.165, 1.54) is 14.2 Å². The Kier molecular flexibility index (Phi) is 5.92. The predicted octanol–water partition coefficient (Wildman–Crippen LogP) is 1.85. The van der Waals surface area contributed by atoms with E-state index in [2.05, 4.69) is 10.1 Å². The minimum atomic E-state index is -0.881. The molecule has 0 aliphatic rings. The van der Waals surface area contributed by atoms with E-state index in [-0.39, 0.29) is 6.61 Å². The van der Waals surface area contributed by atoms with Crippen LogP contribution in [-0.4, -0.2) is 38.7 Å². The molecule has 0 aliphatic heterocycles. The number of amides is 1. The third kappa shape index (κ3) is 4.11. The fraction of sp³-hybridized carbons (Fsp3) is 0.222. The van der Waals surface area contributed by atoms with Crippen molar-refractivity contribution in [1.82, 2.24) is 5.32 Å². The van der Waals surface area contributed by atoms with Gasteiger partial charge in [0.1, 0.15) is 0 Å². The van der Waals surface area contributed by atoms with E-state index < -0.39 is 17.9 Å². The summed E-state index contributed by atoms with van der Waals surface area (Å²) in [5.41, 5.74) is 8.37. The number of methoxy groups -OCH3 is 2. The van der Waals surface area contributed by atoms with Gasteiger partial charge >= 0.3 is 5.97 Å². The molecule has 0 heterocycles. The van der Waals surface area contributed by atoms with Crippen molar-refractivity contribution >= 4 is 17.6 Å². The molecule has 0 aromatic heterocycles. The smallest absolute Gasteiger partial charge is 0.330 e. The molecule has 1 amide bonds. The average Bonchev–Trinajstić information content (AvgIpc) is 2.61. The molecule has 0 spiro atoms. The highest BCUT2D eigenvalue weighted by molar-refractivity contribution is 6.03. The maximum atomic E-state index is 12.6. The van der Waals surface area contributed by atoms with Crippen molar-refractivity contribution in [3.05, 3.63) is 54.1 Å². The molecule has 0 fully saturated rings. The Morgan fingerprint density at radius 3 is 2.46 bits per heavy atom. The van der Waals surface area contributed by atoms with Gasteiger partial charge in [-0.3, -0.25) is 4.79 Å². The highest BCUT2D eigenvalue weighted by Gasteiger charge is 2.23. The van der Waals surface area contributed by atoms with Crippen molar-refractivity contribution in [2.75, 3.05) is 26.6 Å². The van der Waals surface area contributed by atoms with Crippen LogP contribution in [0.3, 0.4) is 0 Å². The molecule has 3 N–H and O–H groups in total. The van der Waals surface area contributed by atoms with Gasteiger partial charge in [-0.15, -0.1) is 0 Å². The number of benzene rings is 2. The van der Waals surface area contributed by atoms with Gasteiger partial charge in [-0.2, -0.15) is 0 Å². The number of anilines is 1. The largest absolute Gasteiger partial charge is 0.467 e. The van der Waals surface area contributed by atoms with Gasteiger partial charge in [0.25, 0.3) is 5.91 Å². The minimum absolute atomic E-state index is 0.0219. The van der Waals surface area contributed by atoms with E-state index in [0.717, 1.165) is 5.56 Å². The van der Waals surface area contributed by atoms with Gasteiger partial charge in [0.15, 0.2) is 6.04 Å². The number of carbonyl (C=O) groups is 2. The molecule has 2 aromatic carbocycles. The number of esters is 1. The summed E-state index contributed by atoms with van der Waals surface area (Å²) in [6.07, 6.45) is 0. The van der Waals surface area contributed by atoms with Crippen LogP contribution in [0, 0.1) is 0 Å². The first-order valence-electron chi connectivity index (χ1n) is 7.39. The topological polar surface area (TPSA) is 90.6 Å². The van der Waals surface area contributed by atoms with Gasteiger partial charge in [0.05, 0.1) is 13.7 Å². The number of hydrogen-bond donors (Lipinski definition) is 2. The Hall–Kier alpha value is -2.86. The van der Waals surface area contributed by atoms with Crippen LogP contribution >= 0.6 is 0 Å². The zero-order valence-electron chi connectivity index (χ0n) is 13.6. The Labute approximate surface area is 140 Å². The second-order valence-corrected chi connectivity index (χ2v) is 5.18. The minimum Gasteiger partial charge on any atom is -0.467 e. The molecular weight excluding hydrogens is 308 g/mol. The van der Waals surface area contributed by atoms with Crippen LogP contribution in [0.15, 0.2) is 48.5 Å². The molecule has 2 rings (SSSR count). The number of ether oxygens (including phenoxy) is 2. The normalized spacial score (nSPS) is 11.6. The fourth-order valence-corrected chi connectivity index (χ4v) is 2.33. The zero-order chi connectivity index (χ0) is 17.5. The van der Waals surface area contributed by atoms with Crippen LogP contribution in [0.2, 0.25) is 0 Å². The zero-order valence-corrected chi connectivity index (χ0v) is 13.6. The summed E-state index contributed by atoms with van der Waals surface area (Å²) in [7, 11) is 2.70. The van der Waals surface area contributed by atoms with Crippen LogP contribution in [0.1, 0.15) is 10.4 Å². The highest BCUT2D eigenvalue weighted by Crippen LogP contribution is 2.26. The molecule has 0 bridgehead atoms. The van der Waals surface area contributed by atoms with Crippen molar-refractivity contribution in [2.45, 2.75) is 6.04 Å². The lowest BCUT2D eigenvalue weighted by Crippen LogP contribution is -2.44. The number of nitrogen functional groups attached to an aromatic ring is 1. The maximum absolute atomic E-state index is 12.6. The molecule has 24 heavy (non-hydrogen) atoms. The van der Waals surface area contributed by atoms with Gasteiger partial charge in [-0.1, -0.05) is 30.3 Å². The Morgan fingerprint density at radius 1 is 1.12 bits per heavy atom. The third-order valence-electron chi connectivity index (χ3n) is 3.50. The quantitative estimate of drug-likeness (QED) is 0.624. The summed E-state index contributed by atoms with van der Waals surface area (Å²) < 4.78 is 9.64. The summed E-state index contributed by atoms with van der Waals surface area (Å²) in [5.74, 6) is -0.969. The number of rotatable bonds is 6. The Balaban J connectivity index is 2.34. The van der Waals surface area contributed by atoms with Gasteiger partial charge in [-0.05, 0) is 29.3 Å². The van der Waals surface area contributed by atoms with Crippen LogP contribution in [0.25, 0.3) is 11.1 Å². The molecule has 0 saturated heterocycles. The van der Waals surface area contributed by atoms with E-state index >= 15 is 0 Å². The van der Waals surface area contributed by atoms with Crippen LogP contribution in [-0.2, 0) is 14.3 Å². The average molecular weight is 328 g/mol. The maximum Gasteiger partial charge on any atom is 0.330 e. The monoisotopic (exact) mass is 328 g/mol. The van der Waals surface area contributed by atoms with Crippen molar-refractivity contribution in [3.63, 3.8) is 0 Å². The van der Waals surface area contributed by atoms with Crippen molar-refractivity contribution in [3.8, 4) is 11.1 Å². The molecular formula is C18H20N2O4. The molecule has 0 saturated carbocycles. The van der Waals surface area contributed by atoms with Crippen molar-refractivity contribution < 1.29 is 19.1 Å². The predicted molar refractivity (Wildman–Crippen MR) is 91.4 cm³/mol. The molecule has 6 heteroatoms. The molecule has 0 aliphatic carbocycles. The first kappa shape index (κ1) is 17.5. The van der Waals surface area contributed by atoms with E-state index in [1.807, 2.05) is 30.3 Å². The summed E-state index contributed by atoms with van der Waals surface area (Å²) in [6, 6.07) is 13.5. The molecule has 2 aromatic rings. The number of nitrogens with two attached hydrogens (primary N) is 1. The van der Waals surface area contributed by atoms with E-state index in [1.54, 1.807) is 18.2 Å². The standard InChI is InChI=1S/C18H20N2O4/c1-23-11-16(18(22)24-2)20-17(21)14-9-8-13(19)10-15(14)12-6-4-3-5-7-12/h3-10,16H,11,19H2,1-2H3,(H,20,21)/t16-/m1/s1. The Morgan fingerprint density at radius 2 is 1.83 bits per heavy atom. The lowest BCUT2D eigenvalue weighted by atomic mass is 9.98. The molecule has 1 atom stereocenters. The van der Waals surface area contributed by atoms with Gasteiger partial charge in [0, 0.05) is 18.4 Å². The Bertz CT molecular complexity index is 716. The molecule has 0 unspecified atom stereocenters. The van der Waals surface area contributed by atoms with Crippen LogP contribution in [0.5, 0.6) is 0 Å². The number of hydrogen-bond acceptors (Lipinski definition) is 5.